The smallest absolute Gasteiger partial charge is 0.237 e. The Morgan fingerprint density at radius 1 is 0.857 bits per heavy atom. The molecule has 150 valence electrons. The van der Waals surface area contributed by atoms with Gasteiger partial charge in [0.05, 0.1) is 6.54 Å². The Bertz CT molecular complexity index is 699. The van der Waals surface area contributed by atoms with Gasteiger partial charge in [0.2, 0.25) is 5.91 Å². The molecule has 1 amide bonds. The highest BCUT2D eigenvalue weighted by atomic mass is 16.2. The molecule has 1 saturated heterocycles. The molecule has 5 nitrogen and oxygen atoms in total. The molecule has 0 unspecified atom stereocenters. The zero-order valence-electron chi connectivity index (χ0n) is 16.7. The van der Waals surface area contributed by atoms with E-state index in [-0.39, 0.29) is 5.91 Å². The number of carbonyl (C=O) groups is 1. The molecule has 0 spiro atoms. The maximum Gasteiger partial charge on any atom is 0.237 e. The maximum absolute atomic E-state index is 12.9. The molecule has 5 heteroatoms. The van der Waals surface area contributed by atoms with Gasteiger partial charge in [0, 0.05) is 45.8 Å². The number of nitrogens with zero attached hydrogens (tertiary/aromatic N) is 3. The third-order valence-electron chi connectivity index (χ3n) is 5.27. The lowest BCUT2D eigenvalue weighted by Crippen LogP contribution is -2.49. The van der Waals surface area contributed by atoms with Crippen LogP contribution in [0.5, 0.6) is 0 Å². The van der Waals surface area contributed by atoms with E-state index in [1.807, 2.05) is 23.1 Å². The van der Waals surface area contributed by atoms with E-state index in [9.17, 15) is 4.79 Å². The van der Waals surface area contributed by atoms with Gasteiger partial charge in [0.1, 0.15) is 0 Å². The van der Waals surface area contributed by atoms with Crippen molar-refractivity contribution in [1.82, 2.24) is 14.7 Å². The molecule has 0 saturated carbocycles. The fourth-order valence-electron chi connectivity index (χ4n) is 3.62. The third-order valence-corrected chi connectivity index (χ3v) is 5.27. The molecular formula is C23H32N4O. The summed E-state index contributed by atoms with van der Waals surface area (Å²) in [6.07, 6.45) is 0.837. The number of benzene rings is 2. The minimum atomic E-state index is 0.203. The third kappa shape index (κ3) is 6.44. The Hall–Kier alpha value is -2.21. The molecule has 1 heterocycles. The van der Waals surface area contributed by atoms with E-state index in [1.165, 1.54) is 11.1 Å². The number of hydrogen-bond donors (Lipinski definition) is 1. The van der Waals surface area contributed by atoms with Crippen molar-refractivity contribution in [3.8, 4) is 0 Å². The Morgan fingerprint density at radius 3 is 2.04 bits per heavy atom. The lowest BCUT2D eigenvalue weighted by Gasteiger charge is -2.35. The van der Waals surface area contributed by atoms with Crippen LogP contribution in [0.1, 0.15) is 17.5 Å². The second-order valence-electron chi connectivity index (χ2n) is 7.48. The van der Waals surface area contributed by atoms with Crippen LogP contribution in [0, 0.1) is 0 Å². The van der Waals surface area contributed by atoms with Crippen LogP contribution < -0.4 is 5.73 Å². The van der Waals surface area contributed by atoms with E-state index in [0.29, 0.717) is 19.6 Å². The van der Waals surface area contributed by atoms with Crippen molar-refractivity contribution in [3.63, 3.8) is 0 Å². The first kappa shape index (κ1) is 20.5. The molecule has 2 N–H and O–H groups in total. The van der Waals surface area contributed by atoms with Crippen LogP contribution in [0.4, 0.5) is 0 Å². The van der Waals surface area contributed by atoms with Crippen molar-refractivity contribution in [2.75, 3.05) is 45.8 Å². The summed E-state index contributed by atoms with van der Waals surface area (Å²) in [5.74, 6) is 0.203. The van der Waals surface area contributed by atoms with Crippen LogP contribution in [-0.2, 0) is 17.9 Å². The van der Waals surface area contributed by atoms with Gasteiger partial charge in [-0.05, 0) is 24.1 Å². The van der Waals surface area contributed by atoms with E-state index in [1.54, 1.807) is 0 Å². The molecule has 0 radical (unpaired) electrons. The highest BCUT2D eigenvalue weighted by Crippen LogP contribution is 2.10. The summed E-state index contributed by atoms with van der Waals surface area (Å²) in [4.78, 5) is 19.6. The van der Waals surface area contributed by atoms with Gasteiger partial charge in [-0.1, -0.05) is 60.7 Å². The standard InChI is InChI=1S/C23H32N4O/c24-12-7-13-27(19-22-10-5-2-6-11-22)23(28)20-26-16-14-25(15-17-26)18-21-8-3-1-4-9-21/h1-6,8-11H,7,12-20,24H2. The Labute approximate surface area is 168 Å². The van der Waals surface area contributed by atoms with Gasteiger partial charge in [-0.2, -0.15) is 0 Å². The van der Waals surface area contributed by atoms with Gasteiger partial charge < -0.3 is 10.6 Å². The van der Waals surface area contributed by atoms with Crippen molar-refractivity contribution in [3.05, 3.63) is 71.8 Å². The van der Waals surface area contributed by atoms with Gasteiger partial charge in [0.15, 0.2) is 0 Å². The molecule has 0 aromatic heterocycles. The van der Waals surface area contributed by atoms with E-state index in [0.717, 1.165) is 45.7 Å². The van der Waals surface area contributed by atoms with Crippen LogP contribution in [0.25, 0.3) is 0 Å². The maximum atomic E-state index is 12.9. The Morgan fingerprint density at radius 2 is 1.43 bits per heavy atom. The highest BCUT2D eigenvalue weighted by Gasteiger charge is 2.22. The zero-order valence-corrected chi connectivity index (χ0v) is 16.7. The van der Waals surface area contributed by atoms with Crippen molar-refractivity contribution < 1.29 is 4.79 Å². The van der Waals surface area contributed by atoms with Gasteiger partial charge in [-0.3, -0.25) is 14.6 Å². The summed E-state index contributed by atoms with van der Waals surface area (Å²) in [6.45, 7) is 7.36. The number of piperazine rings is 1. The van der Waals surface area contributed by atoms with Crippen LogP contribution in [0.2, 0.25) is 0 Å². The monoisotopic (exact) mass is 380 g/mol. The predicted molar refractivity (Wildman–Crippen MR) is 114 cm³/mol. The number of nitrogens with two attached hydrogens (primary N) is 1. The van der Waals surface area contributed by atoms with Gasteiger partial charge in [-0.25, -0.2) is 0 Å². The van der Waals surface area contributed by atoms with Crippen molar-refractivity contribution in [1.29, 1.82) is 0 Å². The van der Waals surface area contributed by atoms with Gasteiger partial charge in [-0.15, -0.1) is 0 Å². The molecule has 1 aliphatic heterocycles. The fourth-order valence-corrected chi connectivity index (χ4v) is 3.62. The summed E-state index contributed by atoms with van der Waals surface area (Å²) >= 11 is 0. The van der Waals surface area contributed by atoms with Crippen LogP contribution >= 0.6 is 0 Å². The van der Waals surface area contributed by atoms with E-state index >= 15 is 0 Å². The molecule has 3 rings (SSSR count). The Balaban J connectivity index is 1.48. The van der Waals surface area contributed by atoms with Gasteiger partial charge in [0.25, 0.3) is 0 Å². The first-order valence-electron chi connectivity index (χ1n) is 10.2. The molecule has 1 fully saturated rings. The topological polar surface area (TPSA) is 52.8 Å². The van der Waals surface area contributed by atoms with Crippen molar-refractivity contribution in [2.24, 2.45) is 5.73 Å². The van der Waals surface area contributed by atoms with Crippen LogP contribution in [-0.4, -0.2) is 66.4 Å². The summed E-state index contributed by atoms with van der Waals surface area (Å²) < 4.78 is 0. The van der Waals surface area contributed by atoms with Crippen molar-refractivity contribution in [2.45, 2.75) is 19.5 Å². The molecular weight excluding hydrogens is 348 g/mol. The number of carbonyl (C=O) groups excluding carboxylic acids is 1. The predicted octanol–water partition coefficient (Wildman–Crippen LogP) is 2.18. The van der Waals surface area contributed by atoms with E-state index in [2.05, 4.69) is 52.3 Å². The molecule has 2 aromatic carbocycles. The molecule has 28 heavy (non-hydrogen) atoms. The van der Waals surface area contributed by atoms with Crippen molar-refractivity contribution >= 4 is 5.91 Å². The van der Waals surface area contributed by atoms with Crippen LogP contribution in [0.3, 0.4) is 0 Å². The summed E-state index contributed by atoms with van der Waals surface area (Å²) in [5, 5.41) is 0. The molecule has 1 aliphatic rings. The molecule has 0 aliphatic carbocycles. The minimum Gasteiger partial charge on any atom is -0.337 e. The minimum absolute atomic E-state index is 0.203. The Kier molecular flexibility index (Phi) is 8.03. The first-order valence-corrected chi connectivity index (χ1v) is 10.2. The molecule has 2 aromatic rings. The number of rotatable bonds is 9. The average molecular weight is 381 g/mol. The van der Waals surface area contributed by atoms with Crippen LogP contribution in [0.15, 0.2) is 60.7 Å². The lowest BCUT2D eigenvalue weighted by atomic mass is 10.2. The second kappa shape index (κ2) is 11.0. The summed E-state index contributed by atoms with van der Waals surface area (Å²) in [6, 6.07) is 20.8. The zero-order chi connectivity index (χ0) is 19.6. The van der Waals surface area contributed by atoms with Gasteiger partial charge >= 0.3 is 0 Å². The highest BCUT2D eigenvalue weighted by molar-refractivity contribution is 5.78. The fraction of sp³-hybridized carbons (Fsp3) is 0.435. The number of amides is 1. The summed E-state index contributed by atoms with van der Waals surface area (Å²) in [5.41, 5.74) is 8.20. The quantitative estimate of drug-likeness (QED) is 0.725. The summed E-state index contributed by atoms with van der Waals surface area (Å²) in [7, 11) is 0. The molecule has 0 bridgehead atoms. The SMILES string of the molecule is NCCCN(Cc1ccccc1)C(=O)CN1CCN(Cc2ccccc2)CC1. The normalized spacial score (nSPS) is 15.5. The van der Waals surface area contributed by atoms with E-state index in [4.69, 9.17) is 5.73 Å². The molecule has 0 atom stereocenters. The first-order chi connectivity index (χ1) is 13.7. The largest absolute Gasteiger partial charge is 0.337 e. The lowest BCUT2D eigenvalue weighted by molar-refractivity contribution is -0.133. The number of hydrogen-bond acceptors (Lipinski definition) is 4. The second-order valence-corrected chi connectivity index (χ2v) is 7.48. The average Bonchev–Trinajstić information content (AvgIpc) is 2.74. The van der Waals surface area contributed by atoms with E-state index < -0.39 is 0 Å².